The highest BCUT2D eigenvalue weighted by molar-refractivity contribution is 14.0. The number of halogens is 5. The van der Waals surface area contributed by atoms with Crippen molar-refractivity contribution in [1.82, 2.24) is 20.9 Å². The molecule has 1 fully saturated rings. The van der Waals surface area contributed by atoms with Crippen molar-refractivity contribution in [2.45, 2.75) is 38.4 Å². The smallest absolute Gasteiger partial charge is 0.356 e. The fourth-order valence-electron chi connectivity index (χ4n) is 2.92. The van der Waals surface area contributed by atoms with Gasteiger partial charge in [0.25, 0.3) is 0 Å². The normalized spacial score (nSPS) is 16.8. The van der Waals surface area contributed by atoms with Gasteiger partial charge >= 0.3 is 6.18 Å². The van der Waals surface area contributed by atoms with Crippen LogP contribution in [0.25, 0.3) is 0 Å². The lowest BCUT2D eigenvalue weighted by Crippen LogP contribution is -2.45. The van der Waals surface area contributed by atoms with Crippen LogP contribution in [0.1, 0.15) is 31.7 Å². The maximum Gasteiger partial charge on any atom is 0.417 e. The molecule has 0 bridgehead atoms. The number of alkyl halides is 3. The summed E-state index contributed by atoms with van der Waals surface area (Å²) in [5, 5.41) is 9.12. The lowest BCUT2D eigenvalue weighted by molar-refractivity contribution is -0.137. The molecule has 0 aromatic carbocycles. The van der Waals surface area contributed by atoms with Crippen molar-refractivity contribution in [1.29, 1.82) is 0 Å². The Morgan fingerprint density at radius 2 is 2.10 bits per heavy atom. The second kappa shape index (κ2) is 12.4. The van der Waals surface area contributed by atoms with Crippen LogP contribution in [0.2, 0.25) is 5.02 Å². The number of carbonyl (C=O) groups excluding carboxylic acids is 1. The summed E-state index contributed by atoms with van der Waals surface area (Å²) in [4.78, 5) is 21.5. The number of hydrogen-bond donors (Lipinski definition) is 3. The zero-order chi connectivity index (χ0) is 21.4. The minimum absolute atomic E-state index is 0. The zero-order valence-corrected chi connectivity index (χ0v) is 19.9. The van der Waals surface area contributed by atoms with E-state index in [2.05, 4.69) is 25.9 Å². The Hall–Kier alpha value is -1.50. The highest BCUT2D eigenvalue weighted by atomic mass is 127. The predicted molar refractivity (Wildman–Crippen MR) is 123 cm³/mol. The van der Waals surface area contributed by atoms with Crippen molar-refractivity contribution < 1.29 is 18.0 Å². The summed E-state index contributed by atoms with van der Waals surface area (Å²) in [5.41, 5.74) is -0.868. The van der Waals surface area contributed by atoms with Crippen LogP contribution in [0.5, 0.6) is 0 Å². The number of aromatic nitrogens is 1. The number of pyridine rings is 1. The second-order valence-corrected chi connectivity index (χ2v) is 7.11. The Kier molecular flexibility index (Phi) is 10.9. The molecule has 1 aliphatic rings. The first-order valence-electron chi connectivity index (χ1n) is 9.46. The molecular weight excluding hydrogens is 536 g/mol. The van der Waals surface area contributed by atoms with Crippen LogP contribution in [-0.4, -0.2) is 56.1 Å². The largest absolute Gasteiger partial charge is 0.417 e. The van der Waals surface area contributed by atoms with E-state index in [0.29, 0.717) is 44.4 Å². The van der Waals surface area contributed by atoms with Gasteiger partial charge in [0.05, 0.1) is 10.6 Å². The maximum absolute atomic E-state index is 12.8. The molecule has 1 saturated heterocycles. The van der Waals surface area contributed by atoms with Gasteiger partial charge in [0, 0.05) is 51.9 Å². The van der Waals surface area contributed by atoms with E-state index in [-0.39, 0.29) is 40.9 Å². The second-order valence-electron chi connectivity index (χ2n) is 6.70. The Morgan fingerprint density at radius 3 is 2.70 bits per heavy atom. The van der Waals surface area contributed by atoms with E-state index < -0.39 is 11.7 Å². The molecule has 0 aliphatic carbocycles. The first-order chi connectivity index (χ1) is 13.7. The number of guanidine groups is 1. The van der Waals surface area contributed by atoms with E-state index in [0.717, 1.165) is 25.1 Å². The van der Waals surface area contributed by atoms with Gasteiger partial charge in [0.2, 0.25) is 5.91 Å². The molecule has 0 saturated carbocycles. The molecule has 2 rings (SSSR count). The predicted octanol–water partition coefficient (Wildman–Crippen LogP) is 3.03. The zero-order valence-electron chi connectivity index (χ0n) is 16.9. The highest BCUT2D eigenvalue weighted by Crippen LogP contribution is 2.34. The highest BCUT2D eigenvalue weighted by Gasteiger charge is 2.33. The van der Waals surface area contributed by atoms with Crippen molar-refractivity contribution >= 4 is 53.3 Å². The molecule has 1 atom stereocenters. The molecule has 0 spiro atoms. The lowest BCUT2D eigenvalue weighted by Gasteiger charge is -2.21. The van der Waals surface area contributed by atoms with Gasteiger partial charge in [-0.2, -0.15) is 13.2 Å². The van der Waals surface area contributed by atoms with E-state index in [1.165, 1.54) is 0 Å². The number of hydrogen-bond acceptors (Lipinski definition) is 4. The fraction of sp³-hybridized carbons (Fsp3) is 0.611. The van der Waals surface area contributed by atoms with Crippen molar-refractivity contribution in [2.24, 2.45) is 4.99 Å². The van der Waals surface area contributed by atoms with Gasteiger partial charge in [-0.3, -0.25) is 9.79 Å². The number of aliphatic imine (C=N–C) groups is 1. The van der Waals surface area contributed by atoms with Crippen molar-refractivity contribution in [3.63, 3.8) is 0 Å². The van der Waals surface area contributed by atoms with Gasteiger partial charge in [-0.25, -0.2) is 4.98 Å². The monoisotopic (exact) mass is 562 g/mol. The first kappa shape index (κ1) is 26.5. The summed E-state index contributed by atoms with van der Waals surface area (Å²) in [6.07, 6.45) is -1.71. The molecule has 3 N–H and O–H groups in total. The van der Waals surface area contributed by atoms with Gasteiger partial charge in [-0.1, -0.05) is 18.5 Å². The van der Waals surface area contributed by atoms with Crippen LogP contribution >= 0.6 is 35.6 Å². The topological polar surface area (TPSA) is 81.6 Å². The third kappa shape index (κ3) is 7.97. The quantitative estimate of drug-likeness (QED) is 0.271. The summed E-state index contributed by atoms with van der Waals surface area (Å²) >= 11 is 6.03. The number of nitrogens with one attached hydrogen (secondary N) is 3. The van der Waals surface area contributed by atoms with E-state index in [1.54, 1.807) is 7.05 Å². The Labute approximate surface area is 196 Å². The Bertz CT molecular complexity index is 734. The van der Waals surface area contributed by atoms with Gasteiger partial charge in [-0.05, 0) is 18.9 Å². The number of carbonyl (C=O) groups is 1. The van der Waals surface area contributed by atoms with Gasteiger partial charge in [-0.15, -0.1) is 24.0 Å². The molecule has 12 heteroatoms. The summed E-state index contributed by atoms with van der Waals surface area (Å²) in [5.74, 6) is 0.871. The SMILES string of the molecule is CCCNC(=O)CCNC(=NC)NC1CCN(c2ncc(C(F)(F)F)cc2Cl)C1.I. The standard InChI is InChI=1S/C18H26ClF3N6O.HI/c1-3-6-24-15(29)4-7-25-17(23-2)27-13-5-8-28(11-13)16-14(19)9-12(10-26-16)18(20,21)22;/h9-10,13H,3-8,11H2,1-2H3,(H,24,29)(H2,23,25,27);1H. The van der Waals surface area contributed by atoms with Crippen LogP contribution in [0.3, 0.4) is 0 Å². The van der Waals surface area contributed by atoms with Crippen LogP contribution in [0, 0.1) is 0 Å². The molecule has 7 nitrogen and oxygen atoms in total. The van der Waals surface area contributed by atoms with Crippen LogP contribution in [-0.2, 0) is 11.0 Å². The molecule has 170 valence electrons. The lowest BCUT2D eigenvalue weighted by atomic mass is 10.2. The fourth-order valence-corrected chi connectivity index (χ4v) is 3.21. The van der Waals surface area contributed by atoms with Crippen molar-refractivity contribution in [3.05, 3.63) is 22.8 Å². The molecule has 30 heavy (non-hydrogen) atoms. The summed E-state index contributed by atoms with van der Waals surface area (Å²) in [6.45, 7) is 4.21. The van der Waals surface area contributed by atoms with Crippen molar-refractivity contribution in [2.75, 3.05) is 38.1 Å². The minimum atomic E-state index is -4.48. The number of amides is 1. The van der Waals surface area contributed by atoms with Gasteiger partial charge < -0.3 is 20.9 Å². The van der Waals surface area contributed by atoms with E-state index >= 15 is 0 Å². The third-order valence-electron chi connectivity index (χ3n) is 4.42. The van der Waals surface area contributed by atoms with E-state index in [9.17, 15) is 18.0 Å². The molecule has 1 aliphatic heterocycles. The Balaban J connectivity index is 0.00000450. The number of nitrogens with zero attached hydrogens (tertiary/aromatic N) is 3. The van der Waals surface area contributed by atoms with Crippen LogP contribution < -0.4 is 20.9 Å². The van der Waals surface area contributed by atoms with Gasteiger partial charge in [0.15, 0.2) is 5.96 Å². The minimum Gasteiger partial charge on any atom is -0.356 e. The van der Waals surface area contributed by atoms with Gasteiger partial charge in [0.1, 0.15) is 5.82 Å². The average Bonchev–Trinajstić information content (AvgIpc) is 3.12. The molecule has 1 amide bonds. The molecule has 1 unspecified atom stereocenters. The van der Waals surface area contributed by atoms with Crippen LogP contribution in [0.15, 0.2) is 17.3 Å². The van der Waals surface area contributed by atoms with Crippen molar-refractivity contribution in [3.8, 4) is 0 Å². The maximum atomic E-state index is 12.8. The first-order valence-corrected chi connectivity index (χ1v) is 9.84. The van der Waals surface area contributed by atoms with Crippen LogP contribution in [0.4, 0.5) is 19.0 Å². The molecule has 1 aromatic rings. The molecule has 0 radical (unpaired) electrons. The summed E-state index contributed by atoms with van der Waals surface area (Å²) < 4.78 is 38.3. The molecule has 2 heterocycles. The number of rotatable bonds is 7. The van der Waals surface area contributed by atoms with E-state index in [1.807, 2.05) is 11.8 Å². The third-order valence-corrected chi connectivity index (χ3v) is 4.70. The molecular formula is C18H27ClF3IN6O. The summed E-state index contributed by atoms with van der Waals surface area (Å²) in [7, 11) is 1.63. The Morgan fingerprint density at radius 1 is 1.37 bits per heavy atom. The molecule has 1 aromatic heterocycles. The van der Waals surface area contributed by atoms with E-state index in [4.69, 9.17) is 11.6 Å². The summed E-state index contributed by atoms with van der Waals surface area (Å²) in [6, 6.07) is 0.921. The average molecular weight is 563 g/mol. The number of anilines is 1.